The lowest BCUT2D eigenvalue weighted by Gasteiger charge is -2.09. The smallest absolute Gasteiger partial charge is 0.346 e. The first-order valence-corrected chi connectivity index (χ1v) is 5.74. The van der Waals surface area contributed by atoms with Crippen molar-refractivity contribution in [1.82, 2.24) is 4.98 Å². The fourth-order valence-electron chi connectivity index (χ4n) is 1.65. The molecule has 0 amide bonds. The zero-order valence-corrected chi connectivity index (χ0v) is 10.6. The molecule has 0 atom stereocenters. The van der Waals surface area contributed by atoms with Crippen molar-refractivity contribution in [2.75, 3.05) is 0 Å². The van der Waals surface area contributed by atoms with Gasteiger partial charge in [-0.2, -0.15) is 13.2 Å². The minimum absolute atomic E-state index is 0.0773. The Bertz CT molecular complexity index is 725. The summed E-state index contributed by atoms with van der Waals surface area (Å²) in [5.74, 6) is 0. The number of aromatic nitrogens is 1. The SMILES string of the molecule is O=[N+]([O-])c1cccc(-c2cc(C(F)(F)F)cc(=S)[nH]2)c1. The molecule has 2 aromatic rings. The van der Waals surface area contributed by atoms with Gasteiger partial charge in [0, 0.05) is 23.4 Å². The van der Waals surface area contributed by atoms with Crippen molar-refractivity contribution in [2.24, 2.45) is 0 Å². The summed E-state index contributed by atoms with van der Waals surface area (Å²) in [5, 5.41) is 10.7. The van der Waals surface area contributed by atoms with Gasteiger partial charge in [0.2, 0.25) is 0 Å². The fourth-order valence-corrected chi connectivity index (χ4v) is 1.89. The van der Waals surface area contributed by atoms with Crippen LogP contribution < -0.4 is 0 Å². The van der Waals surface area contributed by atoms with E-state index in [1.807, 2.05) is 0 Å². The molecule has 0 fully saturated rings. The molecule has 4 nitrogen and oxygen atoms in total. The van der Waals surface area contributed by atoms with Gasteiger partial charge in [0.05, 0.1) is 10.5 Å². The Labute approximate surface area is 116 Å². The van der Waals surface area contributed by atoms with E-state index in [9.17, 15) is 23.3 Å². The van der Waals surface area contributed by atoms with Crippen LogP contribution in [0.25, 0.3) is 11.3 Å². The van der Waals surface area contributed by atoms with Gasteiger partial charge in [-0.05, 0) is 12.1 Å². The van der Waals surface area contributed by atoms with Gasteiger partial charge in [-0.25, -0.2) is 0 Å². The number of alkyl halides is 3. The second-order valence-corrected chi connectivity index (χ2v) is 4.39. The van der Waals surface area contributed by atoms with Gasteiger partial charge in [-0.3, -0.25) is 10.1 Å². The molecule has 1 aromatic carbocycles. The highest BCUT2D eigenvalue weighted by atomic mass is 32.1. The number of benzene rings is 1. The second kappa shape index (κ2) is 5.04. The Kier molecular flexibility index (Phi) is 3.58. The molecule has 0 aliphatic carbocycles. The van der Waals surface area contributed by atoms with Crippen LogP contribution in [0.15, 0.2) is 36.4 Å². The van der Waals surface area contributed by atoms with Gasteiger partial charge in [0.15, 0.2) is 0 Å². The minimum atomic E-state index is -4.53. The Morgan fingerprint density at radius 3 is 2.50 bits per heavy atom. The van der Waals surface area contributed by atoms with E-state index in [4.69, 9.17) is 12.2 Å². The Balaban J connectivity index is 2.58. The maximum atomic E-state index is 12.7. The summed E-state index contributed by atoms with van der Waals surface area (Å²) in [5.41, 5.74) is -0.771. The van der Waals surface area contributed by atoms with Crippen LogP contribution in [0.4, 0.5) is 18.9 Å². The van der Waals surface area contributed by atoms with Crippen LogP contribution in [-0.4, -0.2) is 9.91 Å². The molecule has 0 bridgehead atoms. The van der Waals surface area contributed by atoms with E-state index in [0.717, 1.165) is 12.1 Å². The number of hydrogen-bond acceptors (Lipinski definition) is 3. The molecular weight excluding hydrogens is 293 g/mol. The maximum Gasteiger partial charge on any atom is 0.416 e. The summed E-state index contributed by atoms with van der Waals surface area (Å²) < 4.78 is 38.0. The van der Waals surface area contributed by atoms with Crippen molar-refractivity contribution in [3.63, 3.8) is 0 Å². The largest absolute Gasteiger partial charge is 0.416 e. The van der Waals surface area contributed by atoms with Crippen LogP contribution in [0.1, 0.15) is 5.56 Å². The average Bonchev–Trinajstić information content (AvgIpc) is 2.37. The molecule has 1 heterocycles. The molecule has 0 spiro atoms. The summed E-state index contributed by atoms with van der Waals surface area (Å²) in [7, 11) is 0. The lowest BCUT2D eigenvalue weighted by molar-refractivity contribution is -0.384. The standard InChI is InChI=1S/C12H7F3N2O2S/c13-12(14,15)8-5-10(16-11(20)6-8)7-2-1-3-9(4-7)17(18)19/h1-6H,(H,16,20). The molecule has 8 heteroatoms. The highest BCUT2D eigenvalue weighted by molar-refractivity contribution is 7.71. The van der Waals surface area contributed by atoms with Crippen molar-refractivity contribution in [3.8, 4) is 11.3 Å². The third kappa shape index (κ3) is 3.02. The highest BCUT2D eigenvalue weighted by Gasteiger charge is 2.31. The van der Waals surface area contributed by atoms with Crippen molar-refractivity contribution in [1.29, 1.82) is 0 Å². The van der Waals surface area contributed by atoms with Gasteiger partial charge in [-0.15, -0.1) is 0 Å². The van der Waals surface area contributed by atoms with Crippen molar-refractivity contribution in [3.05, 3.63) is 56.7 Å². The Hall–Kier alpha value is -2.22. The number of halogens is 3. The van der Waals surface area contributed by atoms with E-state index in [0.29, 0.717) is 0 Å². The number of aromatic amines is 1. The summed E-state index contributed by atoms with van der Waals surface area (Å²) in [6, 6.07) is 6.97. The number of nitrogens with one attached hydrogen (secondary N) is 1. The number of non-ortho nitro benzene ring substituents is 1. The topological polar surface area (TPSA) is 58.9 Å². The maximum absolute atomic E-state index is 12.7. The van der Waals surface area contributed by atoms with Gasteiger partial charge >= 0.3 is 6.18 Å². The van der Waals surface area contributed by atoms with Gasteiger partial charge in [0.25, 0.3) is 5.69 Å². The van der Waals surface area contributed by atoms with Gasteiger partial charge < -0.3 is 4.98 Å². The quantitative estimate of drug-likeness (QED) is 0.510. The summed E-state index contributed by atoms with van der Waals surface area (Å²) in [6.45, 7) is 0. The van der Waals surface area contributed by atoms with E-state index < -0.39 is 16.7 Å². The van der Waals surface area contributed by atoms with Crippen molar-refractivity contribution >= 4 is 17.9 Å². The van der Waals surface area contributed by atoms with Crippen LogP contribution in [-0.2, 0) is 6.18 Å². The normalized spacial score (nSPS) is 11.3. The lowest BCUT2D eigenvalue weighted by Crippen LogP contribution is -2.05. The van der Waals surface area contributed by atoms with Gasteiger partial charge in [-0.1, -0.05) is 24.4 Å². The fraction of sp³-hybridized carbons (Fsp3) is 0.0833. The number of H-pyrrole nitrogens is 1. The predicted molar refractivity (Wildman–Crippen MR) is 68.7 cm³/mol. The molecule has 1 N–H and O–H groups in total. The summed E-state index contributed by atoms with van der Waals surface area (Å²) in [6.07, 6.45) is -4.53. The van der Waals surface area contributed by atoms with Crippen LogP contribution in [0, 0.1) is 14.8 Å². The number of nitro groups is 1. The summed E-state index contributed by atoms with van der Waals surface area (Å²) in [4.78, 5) is 12.6. The zero-order chi connectivity index (χ0) is 14.9. The zero-order valence-electron chi connectivity index (χ0n) is 9.77. The van der Waals surface area contributed by atoms with E-state index >= 15 is 0 Å². The van der Waals surface area contributed by atoms with Crippen LogP contribution in [0.2, 0.25) is 0 Å². The molecule has 0 saturated carbocycles. The Morgan fingerprint density at radius 1 is 1.20 bits per heavy atom. The predicted octanol–water partition coefficient (Wildman–Crippen LogP) is 4.34. The number of nitrogens with zero attached hydrogens (tertiary/aromatic N) is 1. The monoisotopic (exact) mass is 300 g/mol. The average molecular weight is 300 g/mol. The molecule has 0 saturated heterocycles. The van der Waals surface area contributed by atoms with Crippen LogP contribution >= 0.6 is 12.2 Å². The third-order valence-electron chi connectivity index (χ3n) is 2.54. The lowest BCUT2D eigenvalue weighted by atomic mass is 10.1. The molecular formula is C12H7F3N2O2S. The number of hydrogen-bond donors (Lipinski definition) is 1. The number of pyridine rings is 1. The second-order valence-electron chi connectivity index (χ2n) is 3.95. The Morgan fingerprint density at radius 2 is 1.90 bits per heavy atom. The van der Waals surface area contributed by atoms with Crippen molar-refractivity contribution in [2.45, 2.75) is 6.18 Å². The van der Waals surface area contributed by atoms with E-state index in [2.05, 4.69) is 4.98 Å². The molecule has 20 heavy (non-hydrogen) atoms. The van der Waals surface area contributed by atoms with E-state index in [1.165, 1.54) is 24.3 Å². The first kappa shape index (κ1) is 14.2. The molecule has 0 aliphatic rings. The first-order valence-electron chi connectivity index (χ1n) is 5.34. The molecule has 2 rings (SSSR count). The van der Waals surface area contributed by atoms with Crippen LogP contribution in [0.3, 0.4) is 0 Å². The molecule has 104 valence electrons. The number of nitro benzene ring substituents is 1. The third-order valence-corrected chi connectivity index (χ3v) is 2.76. The minimum Gasteiger partial charge on any atom is -0.346 e. The first-order chi connectivity index (χ1) is 9.27. The molecule has 0 aliphatic heterocycles. The molecule has 0 unspecified atom stereocenters. The summed E-state index contributed by atoms with van der Waals surface area (Å²) >= 11 is 4.75. The number of rotatable bonds is 2. The van der Waals surface area contributed by atoms with E-state index in [1.54, 1.807) is 0 Å². The van der Waals surface area contributed by atoms with Crippen molar-refractivity contribution < 1.29 is 18.1 Å². The highest BCUT2D eigenvalue weighted by Crippen LogP contribution is 2.32. The van der Waals surface area contributed by atoms with E-state index in [-0.39, 0.29) is 21.6 Å². The molecule has 1 aromatic heterocycles. The molecule has 0 radical (unpaired) electrons. The van der Waals surface area contributed by atoms with Crippen LogP contribution in [0.5, 0.6) is 0 Å². The van der Waals surface area contributed by atoms with Gasteiger partial charge in [0.1, 0.15) is 4.64 Å².